The van der Waals surface area contributed by atoms with Gasteiger partial charge in [-0.1, -0.05) is 6.07 Å². The van der Waals surface area contributed by atoms with Crippen LogP contribution in [-0.2, 0) is 0 Å². The van der Waals surface area contributed by atoms with E-state index in [0.717, 1.165) is 5.56 Å². The number of benzene rings is 2. The quantitative estimate of drug-likeness (QED) is 0.876. The summed E-state index contributed by atoms with van der Waals surface area (Å²) in [6.07, 6.45) is 1.64. The van der Waals surface area contributed by atoms with Crippen LogP contribution < -0.4 is 14.2 Å². The van der Waals surface area contributed by atoms with Crippen molar-refractivity contribution in [3.8, 4) is 23.0 Å². The zero-order valence-electron chi connectivity index (χ0n) is 12.8. The highest BCUT2D eigenvalue weighted by molar-refractivity contribution is 6.14. The first kappa shape index (κ1) is 15.0. The number of Topliss-reactive ketones (excluding diaryl/α,β-unsaturated/α-hetero) is 1. The molecule has 2 aromatic rings. The molecule has 1 aliphatic heterocycles. The summed E-state index contributed by atoms with van der Waals surface area (Å²) in [7, 11) is 1.56. The first-order valence-electron chi connectivity index (χ1n) is 7.20. The minimum atomic E-state index is -0.215. The molecule has 1 heterocycles. The molecule has 23 heavy (non-hydrogen) atoms. The van der Waals surface area contributed by atoms with E-state index in [1.54, 1.807) is 31.4 Å². The fourth-order valence-corrected chi connectivity index (χ4v) is 2.38. The predicted molar refractivity (Wildman–Crippen MR) is 85.2 cm³/mol. The third-order valence-corrected chi connectivity index (χ3v) is 3.44. The number of fused-ring (bicyclic) bond motifs is 1. The maximum atomic E-state index is 12.3. The Morgan fingerprint density at radius 2 is 2.00 bits per heavy atom. The van der Waals surface area contributed by atoms with Crippen LogP contribution in [0.2, 0.25) is 0 Å². The Labute approximate surface area is 133 Å². The van der Waals surface area contributed by atoms with Crippen molar-refractivity contribution in [2.45, 2.75) is 6.92 Å². The van der Waals surface area contributed by atoms with Crippen LogP contribution in [0.15, 0.2) is 42.2 Å². The number of aromatic hydroxyl groups is 1. The fourth-order valence-electron chi connectivity index (χ4n) is 2.38. The first-order chi connectivity index (χ1) is 11.1. The van der Waals surface area contributed by atoms with Gasteiger partial charge < -0.3 is 19.3 Å². The summed E-state index contributed by atoms with van der Waals surface area (Å²) < 4.78 is 16.3. The molecular weight excluding hydrogens is 296 g/mol. The Hall–Kier alpha value is -2.95. The normalized spacial score (nSPS) is 14.5. The third kappa shape index (κ3) is 2.85. The fraction of sp³-hybridized carbons (Fsp3) is 0.167. The van der Waals surface area contributed by atoms with Gasteiger partial charge in [0.05, 0.1) is 19.3 Å². The van der Waals surface area contributed by atoms with E-state index in [0.29, 0.717) is 29.4 Å². The van der Waals surface area contributed by atoms with Crippen LogP contribution in [0.4, 0.5) is 0 Å². The lowest BCUT2D eigenvalue weighted by Crippen LogP contribution is -1.99. The number of rotatable bonds is 4. The van der Waals surface area contributed by atoms with Crippen molar-refractivity contribution < 1.29 is 24.1 Å². The summed E-state index contributed by atoms with van der Waals surface area (Å²) in [4.78, 5) is 12.3. The van der Waals surface area contributed by atoms with Gasteiger partial charge in [-0.05, 0) is 42.8 Å². The molecule has 5 heteroatoms. The van der Waals surface area contributed by atoms with Crippen LogP contribution in [0.3, 0.4) is 0 Å². The maximum absolute atomic E-state index is 12.3. The molecule has 0 unspecified atom stereocenters. The standard InChI is InChI=1S/C18H16O5/c1-3-22-14-7-4-11(8-16(14)21-2)9-17-18(20)13-6-5-12(19)10-15(13)23-17/h4-10,19H,3H2,1-2H3/b17-9+. The largest absolute Gasteiger partial charge is 0.508 e. The average molecular weight is 312 g/mol. The van der Waals surface area contributed by atoms with Gasteiger partial charge in [-0.3, -0.25) is 4.79 Å². The lowest BCUT2D eigenvalue weighted by molar-refractivity contribution is 0.101. The van der Waals surface area contributed by atoms with Crippen molar-refractivity contribution in [1.82, 2.24) is 0 Å². The molecule has 0 amide bonds. The topological polar surface area (TPSA) is 65.0 Å². The van der Waals surface area contributed by atoms with E-state index >= 15 is 0 Å². The smallest absolute Gasteiger partial charge is 0.231 e. The van der Waals surface area contributed by atoms with E-state index in [-0.39, 0.29) is 17.3 Å². The summed E-state index contributed by atoms with van der Waals surface area (Å²) in [5.41, 5.74) is 1.19. The number of phenolic OH excluding ortho intramolecular Hbond substituents is 1. The summed E-state index contributed by atoms with van der Waals surface area (Å²) >= 11 is 0. The van der Waals surface area contributed by atoms with Crippen LogP contribution in [0.1, 0.15) is 22.8 Å². The number of phenols is 1. The number of carbonyl (C=O) groups is 1. The van der Waals surface area contributed by atoms with Crippen molar-refractivity contribution in [3.63, 3.8) is 0 Å². The lowest BCUT2D eigenvalue weighted by atomic mass is 10.1. The van der Waals surface area contributed by atoms with Gasteiger partial charge in [0.2, 0.25) is 5.78 Å². The second kappa shape index (κ2) is 6.04. The molecule has 0 radical (unpaired) electrons. The van der Waals surface area contributed by atoms with Gasteiger partial charge in [0.15, 0.2) is 17.3 Å². The number of methoxy groups -OCH3 is 1. The number of carbonyl (C=O) groups excluding carboxylic acids is 1. The number of allylic oxidation sites excluding steroid dienone is 1. The Bertz CT molecular complexity index is 792. The molecule has 3 rings (SSSR count). The molecule has 0 spiro atoms. The molecule has 0 saturated heterocycles. The molecule has 0 aromatic heterocycles. The van der Waals surface area contributed by atoms with Gasteiger partial charge in [-0.15, -0.1) is 0 Å². The molecule has 118 valence electrons. The molecule has 2 aromatic carbocycles. The third-order valence-electron chi connectivity index (χ3n) is 3.44. The minimum Gasteiger partial charge on any atom is -0.508 e. The van der Waals surface area contributed by atoms with Crippen LogP contribution in [-0.4, -0.2) is 24.6 Å². The molecule has 1 N–H and O–H groups in total. The van der Waals surface area contributed by atoms with E-state index in [9.17, 15) is 9.90 Å². The highest BCUT2D eigenvalue weighted by atomic mass is 16.5. The molecular formula is C18H16O5. The Kier molecular flexibility index (Phi) is 3.93. The van der Waals surface area contributed by atoms with Crippen molar-refractivity contribution in [2.75, 3.05) is 13.7 Å². The molecule has 0 atom stereocenters. The second-order valence-electron chi connectivity index (χ2n) is 4.96. The zero-order valence-corrected chi connectivity index (χ0v) is 12.8. The zero-order chi connectivity index (χ0) is 16.4. The highest BCUT2D eigenvalue weighted by Gasteiger charge is 2.27. The Morgan fingerprint density at radius 1 is 1.17 bits per heavy atom. The molecule has 0 fully saturated rings. The van der Waals surface area contributed by atoms with E-state index in [1.807, 2.05) is 13.0 Å². The summed E-state index contributed by atoms with van der Waals surface area (Å²) in [6.45, 7) is 2.43. The molecule has 0 bridgehead atoms. The van der Waals surface area contributed by atoms with Gasteiger partial charge in [0.25, 0.3) is 0 Å². The van der Waals surface area contributed by atoms with Crippen LogP contribution in [0.25, 0.3) is 6.08 Å². The highest BCUT2D eigenvalue weighted by Crippen LogP contribution is 2.35. The number of hydrogen-bond acceptors (Lipinski definition) is 5. The second-order valence-corrected chi connectivity index (χ2v) is 4.96. The van der Waals surface area contributed by atoms with Gasteiger partial charge >= 0.3 is 0 Å². The van der Waals surface area contributed by atoms with Gasteiger partial charge in [0, 0.05) is 6.07 Å². The number of ketones is 1. The molecule has 0 aliphatic carbocycles. The molecule has 5 nitrogen and oxygen atoms in total. The van der Waals surface area contributed by atoms with Crippen molar-refractivity contribution in [1.29, 1.82) is 0 Å². The number of ether oxygens (including phenoxy) is 3. The lowest BCUT2D eigenvalue weighted by Gasteiger charge is -2.09. The van der Waals surface area contributed by atoms with Crippen LogP contribution in [0, 0.1) is 0 Å². The monoisotopic (exact) mass is 312 g/mol. The van der Waals surface area contributed by atoms with Crippen molar-refractivity contribution in [3.05, 3.63) is 53.3 Å². The summed E-state index contributed by atoms with van der Waals surface area (Å²) in [6, 6.07) is 9.81. The SMILES string of the molecule is CCOc1ccc(/C=C2/Oc3cc(O)ccc3C2=O)cc1OC. The minimum absolute atomic E-state index is 0.0561. The van der Waals surface area contributed by atoms with Crippen LogP contribution in [0.5, 0.6) is 23.0 Å². The van der Waals surface area contributed by atoms with E-state index < -0.39 is 0 Å². The van der Waals surface area contributed by atoms with Gasteiger partial charge in [-0.2, -0.15) is 0 Å². The summed E-state index contributed by atoms with van der Waals surface area (Å²) in [5, 5.41) is 9.47. The van der Waals surface area contributed by atoms with Gasteiger partial charge in [0.1, 0.15) is 11.5 Å². The Balaban J connectivity index is 1.92. The maximum Gasteiger partial charge on any atom is 0.231 e. The van der Waals surface area contributed by atoms with Crippen molar-refractivity contribution >= 4 is 11.9 Å². The van der Waals surface area contributed by atoms with E-state index in [2.05, 4.69) is 0 Å². The van der Waals surface area contributed by atoms with E-state index in [1.165, 1.54) is 12.1 Å². The summed E-state index contributed by atoms with van der Waals surface area (Å²) in [5.74, 6) is 1.63. The van der Waals surface area contributed by atoms with Gasteiger partial charge in [-0.25, -0.2) is 0 Å². The first-order valence-corrected chi connectivity index (χ1v) is 7.20. The molecule has 1 aliphatic rings. The van der Waals surface area contributed by atoms with Crippen LogP contribution >= 0.6 is 0 Å². The number of hydrogen-bond donors (Lipinski definition) is 1. The predicted octanol–water partition coefficient (Wildman–Crippen LogP) is 3.42. The Morgan fingerprint density at radius 3 is 2.74 bits per heavy atom. The molecule has 0 saturated carbocycles. The van der Waals surface area contributed by atoms with E-state index in [4.69, 9.17) is 14.2 Å². The average Bonchev–Trinajstić information content (AvgIpc) is 2.84. The van der Waals surface area contributed by atoms with Crippen molar-refractivity contribution in [2.24, 2.45) is 0 Å².